The second-order valence-electron chi connectivity index (χ2n) is 8.94. The summed E-state index contributed by atoms with van der Waals surface area (Å²) < 4.78 is 20.7. The van der Waals surface area contributed by atoms with E-state index in [0.29, 0.717) is 22.8 Å². The zero-order valence-electron chi connectivity index (χ0n) is 19.4. The van der Waals surface area contributed by atoms with E-state index in [1.54, 1.807) is 40.9 Å². The fourth-order valence-electron chi connectivity index (χ4n) is 4.44. The van der Waals surface area contributed by atoms with Gasteiger partial charge in [-0.1, -0.05) is 41.3 Å². The van der Waals surface area contributed by atoms with E-state index in [0.717, 1.165) is 24.1 Å². The van der Waals surface area contributed by atoms with E-state index >= 15 is 4.39 Å². The van der Waals surface area contributed by atoms with Gasteiger partial charge in [-0.3, -0.25) is 4.68 Å². The van der Waals surface area contributed by atoms with Crippen LogP contribution in [0, 0.1) is 16.9 Å². The summed E-state index contributed by atoms with van der Waals surface area (Å²) in [7, 11) is 1.80. The lowest BCUT2D eigenvalue weighted by Gasteiger charge is -2.19. The standard InChI is InChI=1S/C23H19Cl2FN10O/c1-33-21(9-27-31-33)14-8-29-34(10-14)19(6-13-2-3-13)20-7-17(25)15(11-36(20)37)22-18(35-12-28-30-32-35)5-4-16(24)23(22)26/h4-5,7-13,19H,2-3,6H2,1H3/t19-/m0/s1. The topological polar surface area (TPSA) is 119 Å². The monoisotopic (exact) mass is 540 g/mol. The van der Waals surface area contributed by atoms with E-state index in [1.165, 1.54) is 23.3 Å². The van der Waals surface area contributed by atoms with Gasteiger partial charge in [0.15, 0.2) is 12.0 Å². The van der Waals surface area contributed by atoms with Crippen LogP contribution in [0.3, 0.4) is 0 Å². The number of benzene rings is 1. The van der Waals surface area contributed by atoms with Gasteiger partial charge in [0, 0.05) is 24.9 Å². The molecule has 0 unspecified atom stereocenters. The minimum atomic E-state index is -0.736. The molecular weight excluding hydrogens is 522 g/mol. The number of hydrogen-bond donors (Lipinski definition) is 0. The summed E-state index contributed by atoms with van der Waals surface area (Å²) in [6, 6.07) is 4.14. The van der Waals surface area contributed by atoms with Crippen molar-refractivity contribution in [1.82, 2.24) is 45.0 Å². The van der Waals surface area contributed by atoms with Crippen LogP contribution >= 0.6 is 23.2 Å². The third-order valence-corrected chi connectivity index (χ3v) is 7.10. The summed E-state index contributed by atoms with van der Waals surface area (Å²) in [6.45, 7) is 0. The van der Waals surface area contributed by atoms with Gasteiger partial charge in [0.05, 0.1) is 44.9 Å². The van der Waals surface area contributed by atoms with E-state index in [-0.39, 0.29) is 32.9 Å². The lowest BCUT2D eigenvalue weighted by molar-refractivity contribution is -0.615. The first kappa shape index (κ1) is 23.5. The summed E-state index contributed by atoms with van der Waals surface area (Å²) in [6.07, 6.45) is 10.7. The number of tetrazole rings is 1. The molecule has 1 aliphatic rings. The van der Waals surface area contributed by atoms with Gasteiger partial charge in [-0.25, -0.2) is 9.07 Å². The van der Waals surface area contributed by atoms with Crippen LogP contribution < -0.4 is 4.73 Å². The van der Waals surface area contributed by atoms with E-state index in [9.17, 15) is 5.21 Å². The van der Waals surface area contributed by atoms with Gasteiger partial charge in [0.2, 0.25) is 5.69 Å². The molecule has 0 saturated heterocycles. The van der Waals surface area contributed by atoms with Gasteiger partial charge in [-0.05, 0) is 34.9 Å². The molecule has 11 nitrogen and oxygen atoms in total. The third kappa shape index (κ3) is 4.31. The van der Waals surface area contributed by atoms with Gasteiger partial charge in [-0.2, -0.15) is 14.5 Å². The molecule has 14 heteroatoms. The van der Waals surface area contributed by atoms with E-state index < -0.39 is 5.82 Å². The second-order valence-corrected chi connectivity index (χ2v) is 9.76. The van der Waals surface area contributed by atoms with Crippen molar-refractivity contribution in [3.8, 4) is 28.1 Å². The van der Waals surface area contributed by atoms with Crippen molar-refractivity contribution in [2.24, 2.45) is 13.0 Å². The molecule has 0 N–H and O–H groups in total. The van der Waals surface area contributed by atoms with Crippen molar-refractivity contribution in [3.05, 3.63) is 76.1 Å². The Labute approximate surface area is 219 Å². The first-order valence-electron chi connectivity index (χ1n) is 11.4. The molecule has 0 spiro atoms. The Morgan fingerprint density at radius 2 is 2.00 bits per heavy atom. The van der Waals surface area contributed by atoms with Crippen molar-refractivity contribution < 1.29 is 9.12 Å². The van der Waals surface area contributed by atoms with Gasteiger partial charge < -0.3 is 5.21 Å². The van der Waals surface area contributed by atoms with Crippen LogP contribution in [0.25, 0.3) is 28.1 Å². The molecule has 1 fully saturated rings. The average Bonchev–Trinajstić information content (AvgIpc) is 3.25. The Kier molecular flexibility index (Phi) is 5.84. The lowest BCUT2D eigenvalue weighted by atomic mass is 10.0. The molecule has 4 aromatic heterocycles. The zero-order valence-corrected chi connectivity index (χ0v) is 20.9. The maximum atomic E-state index is 15.3. The SMILES string of the molecule is Cn1nncc1-c1cnn([C@@H](CC2CC2)c2cc(Cl)c(-c3c(-n4cnnn4)ccc(Cl)c3F)c[n+]2[O-])c1. The average molecular weight is 541 g/mol. The molecule has 1 atom stereocenters. The predicted octanol–water partition coefficient (Wildman–Crippen LogP) is 3.79. The van der Waals surface area contributed by atoms with Crippen LogP contribution in [0.2, 0.25) is 10.0 Å². The number of rotatable bonds is 7. The number of pyridine rings is 1. The quantitative estimate of drug-likeness (QED) is 0.227. The fourth-order valence-corrected chi connectivity index (χ4v) is 4.85. The van der Waals surface area contributed by atoms with E-state index in [2.05, 4.69) is 30.9 Å². The smallest absolute Gasteiger partial charge is 0.218 e. The molecule has 4 heterocycles. The van der Waals surface area contributed by atoms with Gasteiger partial charge >= 0.3 is 0 Å². The molecule has 0 amide bonds. The van der Waals surface area contributed by atoms with Gasteiger partial charge in [0.1, 0.15) is 12.4 Å². The molecule has 1 aliphatic carbocycles. The van der Waals surface area contributed by atoms with Crippen LogP contribution in [-0.2, 0) is 7.05 Å². The maximum absolute atomic E-state index is 15.3. The van der Waals surface area contributed by atoms with Crippen molar-refractivity contribution >= 4 is 23.2 Å². The Morgan fingerprint density at radius 3 is 2.70 bits per heavy atom. The van der Waals surface area contributed by atoms with Crippen molar-refractivity contribution in [1.29, 1.82) is 0 Å². The normalized spacial score (nSPS) is 14.3. The van der Waals surface area contributed by atoms with Gasteiger partial charge in [-0.15, -0.1) is 10.2 Å². The molecule has 5 aromatic rings. The second kappa shape index (κ2) is 9.20. The molecular formula is C23H19Cl2FN10O. The summed E-state index contributed by atoms with van der Waals surface area (Å²) >= 11 is 12.8. The van der Waals surface area contributed by atoms with Crippen LogP contribution in [0.4, 0.5) is 4.39 Å². The lowest BCUT2D eigenvalue weighted by Crippen LogP contribution is -2.36. The Hall–Kier alpha value is -3.90. The van der Waals surface area contributed by atoms with Crippen molar-refractivity contribution in [2.45, 2.75) is 25.3 Å². The summed E-state index contributed by atoms with van der Waals surface area (Å²) in [5.41, 5.74) is 2.48. The van der Waals surface area contributed by atoms with Crippen LogP contribution in [-0.4, -0.2) is 45.0 Å². The Bertz CT molecular complexity index is 1600. The maximum Gasteiger partial charge on any atom is 0.218 e. The largest absolute Gasteiger partial charge is 0.618 e. The minimum Gasteiger partial charge on any atom is -0.618 e. The molecule has 0 radical (unpaired) electrons. The van der Waals surface area contributed by atoms with Crippen LogP contribution in [0.1, 0.15) is 31.0 Å². The first-order chi connectivity index (χ1) is 17.9. The number of hydrogen-bond acceptors (Lipinski definition) is 7. The Balaban J connectivity index is 1.45. The molecule has 1 saturated carbocycles. The molecule has 37 heavy (non-hydrogen) atoms. The molecule has 188 valence electrons. The first-order valence-corrected chi connectivity index (χ1v) is 12.2. The zero-order chi connectivity index (χ0) is 25.7. The van der Waals surface area contributed by atoms with Crippen molar-refractivity contribution in [2.75, 3.05) is 0 Å². The Morgan fingerprint density at radius 1 is 1.16 bits per heavy atom. The summed E-state index contributed by atoms with van der Waals surface area (Å²) in [5, 5.41) is 37.0. The predicted molar refractivity (Wildman–Crippen MR) is 131 cm³/mol. The van der Waals surface area contributed by atoms with E-state index in [1.807, 2.05) is 6.20 Å². The molecule has 0 aliphatic heterocycles. The number of aromatic nitrogens is 10. The van der Waals surface area contributed by atoms with Crippen molar-refractivity contribution in [3.63, 3.8) is 0 Å². The van der Waals surface area contributed by atoms with Crippen LogP contribution in [0.15, 0.2) is 49.3 Å². The fraction of sp³-hybridized carbons (Fsp3) is 0.261. The summed E-state index contributed by atoms with van der Waals surface area (Å²) in [5.74, 6) is -0.258. The highest BCUT2D eigenvalue weighted by molar-refractivity contribution is 6.34. The highest BCUT2D eigenvalue weighted by Gasteiger charge is 2.33. The molecule has 0 bridgehead atoms. The number of nitrogens with zero attached hydrogens (tertiary/aromatic N) is 10. The molecule has 1 aromatic carbocycles. The highest BCUT2D eigenvalue weighted by atomic mass is 35.5. The highest BCUT2D eigenvalue weighted by Crippen LogP contribution is 2.41. The third-order valence-electron chi connectivity index (χ3n) is 6.50. The van der Waals surface area contributed by atoms with Gasteiger partial charge in [0.25, 0.3) is 0 Å². The number of halogens is 3. The van der Waals surface area contributed by atoms with E-state index in [4.69, 9.17) is 23.2 Å². The summed E-state index contributed by atoms with van der Waals surface area (Å²) in [4.78, 5) is 0. The van der Waals surface area contributed by atoms with Crippen LogP contribution in [0.5, 0.6) is 0 Å². The minimum absolute atomic E-state index is 0.0183. The number of aryl methyl sites for hydroxylation is 1. The molecule has 6 rings (SSSR count).